The summed E-state index contributed by atoms with van der Waals surface area (Å²) >= 11 is 0. The van der Waals surface area contributed by atoms with Crippen molar-refractivity contribution in [2.24, 2.45) is 0 Å². The molecule has 51 heavy (non-hydrogen) atoms. The summed E-state index contributed by atoms with van der Waals surface area (Å²) in [6.45, 7) is 0. The number of carboxylic acids is 1. The lowest BCUT2D eigenvalue weighted by Crippen LogP contribution is -2.38. The average Bonchev–Trinajstić information content (AvgIpc) is 3.07. The topological polar surface area (TPSA) is 281 Å². The van der Waals surface area contributed by atoms with Gasteiger partial charge in [0.25, 0.3) is 0 Å². The third-order valence-corrected chi connectivity index (χ3v) is 7.21. The van der Waals surface area contributed by atoms with Gasteiger partial charge >= 0.3 is 17.9 Å². The molecule has 0 aliphatic heterocycles. The second-order valence-electron chi connectivity index (χ2n) is 11.0. The lowest BCUT2D eigenvalue weighted by Gasteiger charge is -2.25. The van der Waals surface area contributed by atoms with Crippen LogP contribution in [0.1, 0.15) is 28.4 Å². The number of benzene rings is 4. The Morgan fingerprint density at radius 2 is 1.18 bits per heavy atom. The molecular formula is C35H32O16. The molecule has 0 aliphatic carbocycles. The minimum atomic E-state index is -2.04. The molecule has 268 valence electrons. The number of phenolic OH excluding ortho intramolecular Hbond substituents is 7. The molecule has 4 aromatic rings. The van der Waals surface area contributed by atoms with Gasteiger partial charge in [0.1, 0.15) is 6.10 Å². The minimum absolute atomic E-state index is 0.145. The number of carbonyl (C=O) groups is 3. The van der Waals surface area contributed by atoms with E-state index in [1.165, 1.54) is 18.2 Å². The number of carboxylic acid groups (broad SMARTS) is 1. The van der Waals surface area contributed by atoms with E-state index >= 15 is 0 Å². The van der Waals surface area contributed by atoms with Gasteiger partial charge in [0, 0.05) is 18.9 Å². The van der Waals surface area contributed by atoms with Gasteiger partial charge < -0.3 is 65.3 Å². The highest BCUT2D eigenvalue weighted by molar-refractivity contribution is 5.89. The number of phenols is 7. The van der Waals surface area contributed by atoms with Gasteiger partial charge in [-0.15, -0.1) is 0 Å². The number of aliphatic hydroxyl groups excluding tert-OH is 2. The predicted molar refractivity (Wildman–Crippen MR) is 173 cm³/mol. The Hall–Kier alpha value is -6.65. The first-order chi connectivity index (χ1) is 24.1. The second kappa shape index (κ2) is 16.2. The molecule has 4 rings (SSSR count). The van der Waals surface area contributed by atoms with Crippen LogP contribution in [0.15, 0.2) is 78.9 Å². The highest BCUT2D eigenvalue weighted by atomic mass is 16.7. The maximum atomic E-state index is 13.3. The third-order valence-electron chi connectivity index (χ3n) is 7.21. The SMILES string of the molecule is O=C(/C=C/c1ccc(O)c(O[C@H](C(=O)O[C@H](O)Cc2ccc(O)c(O)c2)[C@H](O)c2ccc(O)c(O)c2)c1)O[C@H](Cc1ccc(O)c(O)c1)C(=O)O. The average molecular weight is 709 g/mol. The summed E-state index contributed by atoms with van der Waals surface area (Å²) in [6.07, 6.45) is -6.22. The molecule has 16 heteroatoms. The number of aromatic hydroxyl groups is 7. The maximum absolute atomic E-state index is 13.3. The van der Waals surface area contributed by atoms with Gasteiger partial charge in [0.2, 0.25) is 18.5 Å². The number of carbonyl (C=O) groups excluding carboxylic acids is 2. The van der Waals surface area contributed by atoms with E-state index < -0.39 is 88.5 Å². The molecule has 16 nitrogen and oxygen atoms in total. The van der Waals surface area contributed by atoms with E-state index in [2.05, 4.69) is 0 Å². The molecule has 0 aromatic heterocycles. The summed E-state index contributed by atoms with van der Waals surface area (Å²) in [5.41, 5.74) is 0.488. The zero-order valence-electron chi connectivity index (χ0n) is 26.2. The van der Waals surface area contributed by atoms with Gasteiger partial charge in [-0.3, -0.25) is 0 Å². The van der Waals surface area contributed by atoms with Crippen LogP contribution in [0, 0.1) is 0 Å². The van der Waals surface area contributed by atoms with Gasteiger partial charge in [-0.05, 0) is 76.9 Å². The first-order valence-electron chi connectivity index (χ1n) is 14.8. The standard InChI is InChI=1S/C35H32O16/c36-21-6-2-18(11-25(21)40)14-29(34(46)47)49-30(43)10-4-17-1-8-24(39)28(13-17)50-33(32(45)20-5-9-23(38)27(42)16-20)35(48)51-31(44)15-19-3-7-22(37)26(41)12-19/h1-13,16,29,31-33,36-42,44-45H,14-15H2,(H,46,47)/b10-4+/t29-,31+,32-,33+/m1/s1. The summed E-state index contributed by atoms with van der Waals surface area (Å²) in [6, 6.07) is 13.8. The Balaban J connectivity index is 1.53. The van der Waals surface area contributed by atoms with Crippen LogP contribution >= 0.6 is 0 Å². The molecule has 0 aliphatic rings. The minimum Gasteiger partial charge on any atom is -0.504 e. The fourth-order valence-corrected chi connectivity index (χ4v) is 4.58. The molecule has 0 amide bonds. The monoisotopic (exact) mass is 708 g/mol. The number of esters is 2. The summed E-state index contributed by atoms with van der Waals surface area (Å²) < 4.78 is 15.7. The molecule has 0 radical (unpaired) electrons. The first kappa shape index (κ1) is 37.2. The van der Waals surface area contributed by atoms with Crippen LogP contribution in [0.5, 0.6) is 46.0 Å². The van der Waals surface area contributed by atoms with Crippen molar-refractivity contribution in [3.05, 3.63) is 101 Å². The highest BCUT2D eigenvalue weighted by Crippen LogP contribution is 2.34. The van der Waals surface area contributed by atoms with Crippen LogP contribution in [-0.2, 0) is 36.7 Å². The summed E-state index contributed by atoms with van der Waals surface area (Å²) in [7, 11) is 0. The molecule has 0 bridgehead atoms. The lowest BCUT2D eigenvalue weighted by atomic mass is 10.0. The van der Waals surface area contributed by atoms with E-state index in [0.717, 1.165) is 66.7 Å². The van der Waals surface area contributed by atoms with Gasteiger partial charge in [-0.25, -0.2) is 14.4 Å². The molecule has 0 saturated heterocycles. The van der Waals surface area contributed by atoms with E-state index in [0.29, 0.717) is 0 Å². The fraction of sp³-hybridized carbons (Fsp3) is 0.171. The number of hydrogen-bond donors (Lipinski definition) is 10. The van der Waals surface area contributed by atoms with Gasteiger partial charge in [-0.1, -0.05) is 24.3 Å². The molecule has 0 spiro atoms. The Labute approximate surface area is 288 Å². The van der Waals surface area contributed by atoms with Crippen molar-refractivity contribution in [1.29, 1.82) is 0 Å². The smallest absolute Gasteiger partial charge is 0.352 e. The van der Waals surface area contributed by atoms with Crippen LogP contribution in [0.25, 0.3) is 6.08 Å². The van der Waals surface area contributed by atoms with Crippen LogP contribution in [0.4, 0.5) is 0 Å². The maximum Gasteiger partial charge on any atom is 0.352 e. The Kier molecular flexibility index (Phi) is 11.8. The van der Waals surface area contributed by atoms with Gasteiger partial charge in [0.15, 0.2) is 46.0 Å². The van der Waals surface area contributed by atoms with Crippen molar-refractivity contribution < 1.29 is 79.7 Å². The normalized spacial score (nSPS) is 13.5. The summed E-state index contributed by atoms with van der Waals surface area (Å²) in [4.78, 5) is 37.5. The van der Waals surface area contributed by atoms with Crippen molar-refractivity contribution in [1.82, 2.24) is 0 Å². The van der Waals surface area contributed by atoms with Crippen LogP contribution in [0.2, 0.25) is 0 Å². The van der Waals surface area contributed by atoms with Crippen molar-refractivity contribution in [2.75, 3.05) is 0 Å². The molecule has 4 atom stereocenters. The van der Waals surface area contributed by atoms with Gasteiger partial charge in [-0.2, -0.15) is 0 Å². The van der Waals surface area contributed by atoms with Crippen molar-refractivity contribution >= 4 is 24.0 Å². The third kappa shape index (κ3) is 9.94. The molecule has 0 heterocycles. The Morgan fingerprint density at radius 1 is 0.627 bits per heavy atom. The molecule has 0 fully saturated rings. The summed E-state index contributed by atoms with van der Waals surface area (Å²) in [5.74, 6) is -7.99. The molecular weight excluding hydrogens is 676 g/mol. The molecule has 10 N–H and O–H groups in total. The van der Waals surface area contributed by atoms with E-state index in [4.69, 9.17) is 14.2 Å². The van der Waals surface area contributed by atoms with Crippen LogP contribution < -0.4 is 4.74 Å². The Morgan fingerprint density at radius 3 is 1.75 bits per heavy atom. The van der Waals surface area contributed by atoms with E-state index in [-0.39, 0.29) is 35.1 Å². The van der Waals surface area contributed by atoms with E-state index in [1.54, 1.807) is 0 Å². The van der Waals surface area contributed by atoms with Crippen LogP contribution in [0.3, 0.4) is 0 Å². The number of hydrogen-bond acceptors (Lipinski definition) is 15. The fourth-order valence-electron chi connectivity index (χ4n) is 4.58. The van der Waals surface area contributed by atoms with Crippen molar-refractivity contribution in [3.8, 4) is 46.0 Å². The number of ether oxygens (including phenoxy) is 3. The molecule has 0 saturated carbocycles. The number of aliphatic carboxylic acids is 1. The van der Waals surface area contributed by atoms with Crippen LogP contribution in [-0.4, -0.2) is 87.5 Å². The van der Waals surface area contributed by atoms with Crippen molar-refractivity contribution in [2.45, 2.75) is 37.4 Å². The summed E-state index contributed by atoms with van der Waals surface area (Å²) in [5, 5.41) is 99.5. The van der Waals surface area contributed by atoms with Crippen molar-refractivity contribution in [3.63, 3.8) is 0 Å². The van der Waals surface area contributed by atoms with E-state index in [1.807, 2.05) is 0 Å². The van der Waals surface area contributed by atoms with Gasteiger partial charge in [0.05, 0.1) is 0 Å². The number of rotatable bonds is 14. The zero-order valence-corrected chi connectivity index (χ0v) is 26.2. The highest BCUT2D eigenvalue weighted by Gasteiger charge is 2.34. The molecule has 0 unspecified atom stereocenters. The second-order valence-corrected chi connectivity index (χ2v) is 11.0. The lowest BCUT2D eigenvalue weighted by molar-refractivity contribution is -0.181. The quantitative estimate of drug-likeness (QED) is 0.0390. The predicted octanol–water partition coefficient (Wildman–Crippen LogP) is 2.46. The molecule has 4 aromatic carbocycles. The Bertz CT molecular complexity index is 1940. The zero-order chi connectivity index (χ0) is 37.4. The van der Waals surface area contributed by atoms with E-state index in [9.17, 15) is 65.4 Å². The largest absolute Gasteiger partial charge is 0.504 e. The first-order valence-corrected chi connectivity index (χ1v) is 14.8. The number of aliphatic hydroxyl groups is 2.